The van der Waals surface area contributed by atoms with E-state index in [0.717, 1.165) is 51.4 Å². The molecule has 2 aromatic carbocycles. The van der Waals surface area contributed by atoms with Crippen LogP contribution in [0, 0.1) is 11.8 Å². The van der Waals surface area contributed by atoms with Crippen LogP contribution in [0.15, 0.2) is 48.5 Å². The van der Waals surface area contributed by atoms with Gasteiger partial charge in [0.2, 0.25) is 0 Å². The molecule has 0 radical (unpaired) electrons. The van der Waals surface area contributed by atoms with Gasteiger partial charge in [-0.2, -0.15) is 0 Å². The van der Waals surface area contributed by atoms with Gasteiger partial charge in [0.25, 0.3) is 0 Å². The van der Waals surface area contributed by atoms with Gasteiger partial charge in [0.1, 0.15) is 22.9 Å². The van der Waals surface area contributed by atoms with Gasteiger partial charge in [-0.15, -0.1) is 0 Å². The van der Waals surface area contributed by atoms with Crippen molar-refractivity contribution < 1.29 is 49.7 Å². The third kappa shape index (κ3) is 6.43. The number of fused-ring (bicyclic) bond motifs is 1. The fraction of sp³-hybridized carbons (Fsp3) is 0.632. The van der Waals surface area contributed by atoms with Crippen LogP contribution in [0.5, 0.6) is 0 Å². The monoisotopic (exact) mass is 670 g/mol. The van der Waals surface area contributed by atoms with Gasteiger partial charge in [-0.05, 0) is 60.1 Å². The van der Waals surface area contributed by atoms with E-state index >= 15 is 0 Å². The minimum Gasteiger partial charge on any atom is -0.462 e. The Kier molecular flexibility index (Phi) is 12.5. The van der Waals surface area contributed by atoms with Crippen LogP contribution in [0.25, 0.3) is 0 Å². The fourth-order valence-electron chi connectivity index (χ4n) is 7.80. The second-order valence-electron chi connectivity index (χ2n) is 13.7. The van der Waals surface area contributed by atoms with E-state index in [2.05, 4.69) is 27.7 Å². The van der Waals surface area contributed by atoms with Gasteiger partial charge < -0.3 is 40.1 Å². The Morgan fingerprint density at radius 1 is 0.750 bits per heavy atom. The number of hydrogen-bond donors (Lipinski definition) is 6. The molecule has 2 aliphatic rings. The van der Waals surface area contributed by atoms with E-state index in [0.29, 0.717) is 18.8 Å². The molecular weight excluding hydrogens is 616 g/mol. The van der Waals surface area contributed by atoms with Crippen LogP contribution >= 0.6 is 0 Å². The standard InChI is InChI=1S/C38H54O10/c1-5-9-11-24(7-3)22-47-34(42)28-17-13-26(14-18-28)31-33(41)37(45)32(36(44,30(40)21-39)38(31,37)46)27-15-19-29(20-16-27)35(43)48-23-25(8-4)12-10-6-2/h13-20,24-25,30-33,39-41,44-46H,5-12,21-23H2,1-4H3/t24?,25?,30-,31?,32?,33?,36+,37+,38+/m1/s1. The molecule has 10 nitrogen and oxygen atoms in total. The Balaban J connectivity index is 1.52. The van der Waals surface area contributed by atoms with Gasteiger partial charge in [0, 0.05) is 5.92 Å². The average Bonchev–Trinajstić information content (AvgIpc) is 3.11. The maximum atomic E-state index is 12.8. The van der Waals surface area contributed by atoms with Crippen LogP contribution in [0.3, 0.4) is 0 Å². The van der Waals surface area contributed by atoms with Crippen LogP contribution in [0.1, 0.15) is 123 Å². The molecular formula is C38H54O10. The molecule has 0 aliphatic heterocycles. The summed E-state index contributed by atoms with van der Waals surface area (Å²) in [7, 11) is 0. The number of hydrogen-bond acceptors (Lipinski definition) is 10. The van der Waals surface area contributed by atoms with E-state index in [-0.39, 0.29) is 28.5 Å². The lowest BCUT2D eigenvalue weighted by molar-refractivity contribution is -0.459. The number of ether oxygens (including phenoxy) is 2. The van der Waals surface area contributed by atoms with Crippen molar-refractivity contribution in [2.45, 2.75) is 120 Å². The first-order valence-corrected chi connectivity index (χ1v) is 17.6. The summed E-state index contributed by atoms with van der Waals surface area (Å²) in [6.45, 7) is 8.00. The Bertz CT molecular complexity index is 1360. The van der Waals surface area contributed by atoms with Gasteiger partial charge in [0.05, 0.1) is 43.0 Å². The lowest BCUT2D eigenvalue weighted by Gasteiger charge is -2.80. The number of carbonyl (C=O) groups excluding carboxylic acids is 2. The zero-order valence-corrected chi connectivity index (χ0v) is 28.7. The van der Waals surface area contributed by atoms with Crippen LogP contribution in [0.4, 0.5) is 0 Å². The van der Waals surface area contributed by atoms with Gasteiger partial charge in [-0.1, -0.05) is 90.5 Å². The quantitative estimate of drug-likeness (QED) is 0.126. The third-order valence-corrected chi connectivity index (χ3v) is 11.0. The number of aliphatic hydroxyl groups excluding tert-OH is 3. The summed E-state index contributed by atoms with van der Waals surface area (Å²) in [6, 6.07) is 11.8. The molecule has 9 atom stereocenters. The highest BCUT2D eigenvalue weighted by Crippen LogP contribution is 2.75. The number of benzene rings is 2. The normalized spacial score (nSPS) is 29.5. The van der Waals surface area contributed by atoms with Crippen molar-refractivity contribution in [1.82, 2.24) is 0 Å². The Hall–Kier alpha value is -2.86. The molecule has 4 rings (SSSR count). The first-order valence-electron chi connectivity index (χ1n) is 17.6. The molecule has 2 saturated carbocycles. The molecule has 0 spiro atoms. The fourth-order valence-corrected chi connectivity index (χ4v) is 7.80. The number of aliphatic hydroxyl groups is 6. The van der Waals surface area contributed by atoms with Crippen LogP contribution in [-0.2, 0) is 9.47 Å². The van der Waals surface area contributed by atoms with E-state index in [4.69, 9.17) is 9.47 Å². The molecule has 0 bridgehead atoms. The number of esters is 2. The zero-order valence-electron chi connectivity index (χ0n) is 28.7. The summed E-state index contributed by atoms with van der Waals surface area (Å²) in [5.74, 6) is -3.18. The molecule has 0 amide bonds. The van der Waals surface area contributed by atoms with Gasteiger partial charge in [0.15, 0.2) is 0 Å². The summed E-state index contributed by atoms with van der Waals surface area (Å²) in [5.41, 5.74) is -6.19. The molecule has 5 unspecified atom stereocenters. The van der Waals surface area contributed by atoms with Crippen LogP contribution < -0.4 is 0 Å². The lowest BCUT2D eigenvalue weighted by Crippen LogP contribution is -2.99. The second kappa shape index (κ2) is 15.8. The molecule has 2 fully saturated rings. The maximum Gasteiger partial charge on any atom is 0.338 e. The van der Waals surface area contributed by atoms with Crippen molar-refractivity contribution in [1.29, 1.82) is 0 Å². The van der Waals surface area contributed by atoms with Crippen molar-refractivity contribution in [3.05, 3.63) is 70.8 Å². The summed E-state index contributed by atoms with van der Waals surface area (Å²) in [4.78, 5) is 25.5. The first-order chi connectivity index (χ1) is 22.9. The minimum absolute atomic E-state index is 0.239. The second-order valence-corrected chi connectivity index (χ2v) is 13.7. The summed E-state index contributed by atoms with van der Waals surface area (Å²) < 4.78 is 11.1. The first kappa shape index (κ1) is 38.0. The van der Waals surface area contributed by atoms with Gasteiger partial charge in [-0.25, -0.2) is 9.59 Å². The van der Waals surface area contributed by atoms with Gasteiger partial charge in [-0.3, -0.25) is 0 Å². The topological polar surface area (TPSA) is 174 Å². The highest BCUT2D eigenvalue weighted by atomic mass is 16.5. The van der Waals surface area contributed by atoms with Crippen molar-refractivity contribution in [2.24, 2.45) is 11.8 Å². The predicted molar refractivity (Wildman–Crippen MR) is 179 cm³/mol. The van der Waals surface area contributed by atoms with Crippen molar-refractivity contribution in [3.63, 3.8) is 0 Å². The molecule has 2 aromatic rings. The highest BCUT2D eigenvalue weighted by molar-refractivity contribution is 5.90. The maximum absolute atomic E-state index is 12.8. The molecule has 6 N–H and O–H groups in total. The molecule has 48 heavy (non-hydrogen) atoms. The number of unbranched alkanes of at least 4 members (excludes halogenated alkanes) is 2. The number of rotatable bonds is 18. The lowest BCUT2D eigenvalue weighted by atomic mass is 9.30. The van der Waals surface area contributed by atoms with E-state index in [1.165, 1.54) is 48.5 Å². The minimum atomic E-state index is -2.48. The number of carbonyl (C=O) groups is 2. The highest BCUT2D eigenvalue weighted by Gasteiger charge is 2.93. The van der Waals surface area contributed by atoms with E-state index in [1.54, 1.807) is 0 Å². The predicted octanol–water partition coefficient (Wildman–Crippen LogP) is 4.24. The molecule has 0 saturated heterocycles. The zero-order chi connectivity index (χ0) is 35.3. The summed E-state index contributed by atoms with van der Waals surface area (Å²) in [5, 5.41) is 67.8. The van der Waals surface area contributed by atoms with Crippen molar-refractivity contribution in [2.75, 3.05) is 19.8 Å². The average molecular weight is 671 g/mol. The van der Waals surface area contributed by atoms with E-state index < -0.39 is 59.4 Å². The Labute approximate surface area is 283 Å². The molecule has 266 valence electrons. The molecule has 0 aromatic heterocycles. The van der Waals surface area contributed by atoms with E-state index in [1.807, 2.05) is 0 Å². The Morgan fingerprint density at radius 2 is 1.19 bits per heavy atom. The van der Waals surface area contributed by atoms with Crippen molar-refractivity contribution >= 4 is 11.9 Å². The molecule has 10 heteroatoms. The van der Waals surface area contributed by atoms with Crippen LogP contribution in [-0.4, -0.2) is 91.4 Å². The van der Waals surface area contributed by atoms with Crippen LogP contribution in [0.2, 0.25) is 0 Å². The smallest absolute Gasteiger partial charge is 0.338 e. The summed E-state index contributed by atoms with van der Waals surface area (Å²) in [6.07, 6.45) is 4.47. The summed E-state index contributed by atoms with van der Waals surface area (Å²) >= 11 is 0. The third-order valence-electron chi connectivity index (χ3n) is 11.0. The molecule has 2 aliphatic carbocycles. The van der Waals surface area contributed by atoms with Crippen molar-refractivity contribution in [3.8, 4) is 0 Å². The SMILES string of the molecule is CCCCC(CC)COC(=O)c1ccc(C2C(O)[C@@]3(O)C(c4ccc(C(=O)OCC(CC)CCCC)cc4)[C@@](O)([C@H](O)CO)[C@@]23O)cc1. The Morgan fingerprint density at radius 3 is 1.58 bits per heavy atom. The molecule has 0 heterocycles. The van der Waals surface area contributed by atoms with Gasteiger partial charge >= 0.3 is 11.9 Å². The largest absolute Gasteiger partial charge is 0.462 e. The van der Waals surface area contributed by atoms with E-state index in [9.17, 15) is 40.2 Å².